The van der Waals surface area contributed by atoms with Gasteiger partial charge in [-0.25, -0.2) is 9.97 Å². The van der Waals surface area contributed by atoms with Crippen molar-refractivity contribution in [3.63, 3.8) is 0 Å². The number of likely N-dealkylation sites (tertiary alicyclic amines) is 1. The fourth-order valence-electron chi connectivity index (χ4n) is 4.63. The van der Waals surface area contributed by atoms with Crippen LogP contribution >= 0.6 is 11.6 Å². The molecule has 174 valence electrons. The highest BCUT2D eigenvalue weighted by Gasteiger charge is 2.49. The van der Waals surface area contributed by atoms with E-state index in [1.165, 1.54) is 18.6 Å². The first-order valence-corrected chi connectivity index (χ1v) is 11.2. The molecule has 0 saturated carbocycles. The summed E-state index contributed by atoms with van der Waals surface area (Å²) in [5.74, 6) is 0.511. The second-order valence-corrected chi connectivity index (χ2v) is 8.67. The Morgan fingerprint density at radius 1 is 1.21 bits per heavy atom. The van der Waals surface area contributed by atoms with E-state index < -0.39 is 5.41 Å². The molecule has 0 bridgehead atoms. The highest BCUT2D eigenvalue weighted by Crippen LogP contribution is 2.44. The second kappa shape index (κ2) is 9.36. The lowest BCUT2D eigenvalue weighted by Gasteiger charge is -2.37. The molecule has 4 N–H and O–H groups in total. The highest BCUT2D eigenvalue weighted by atomic mass is 35.5. The molecule has 0 unspecified atom stereocenters. The van der Waals surface area contributed by atoms with Crippen molar-refractivity contribution < 1.29 is 14.3 Å². The minimum atomic E-state index is -0.464. The van der Waals surface area contributed by atoms with Gasteiger partial charge in [0.25, 0.3) is 5.91 Å². The van der Waals surface area contributed by atoms with E-state index in [9.17, 15) is 9.59 Å². The van der Waals surface area contributed by atoms with Crippen molar-refractivity contribution in [2.45, 2.75) is 19.3 Å². The third kappa shape index (κ3) is 4.26. The molecule has 2 amide bonds. The van der Waals surface area contributed by atoms with Gasteiger partial charge in [0.2, 0.25) is 5.91 Å². The smallest absolute Gasteiger partial charge is 0.274 e. The van der Waals surface area contributed by atoms with E-state index in [4.69, 9.17) is 27.8 Å². The molecule has 1 aromatic heterocycles. The number of carbonyl (C=O) groups excluding carboxylic acids is 2. The maximum Gasteiger partial charge on any atom is 0.274 e. The SMILES string of the molecule is COc1cc(N2CCC3(CCN(C(=O)c4cnc(Cl)cn4)CC3)C2=O)ccc1/C(=C/N)CN. The Kier molecular flexibility index (Phi) is 6.53. The van der Waals surface area contributed by atoms with E-state index in [0.717, 1.165) is 23.2 Å². The second-order valence-electron chi connectivity index (χ2n) is 8.28. The lowest BCUT2D eigenvalue weighted by Crippen LogP contribution is -2.46. The summed E-state index contributed by atoms with van der Waals surface area (Å²) in [6.07, 6.45) is 6.17. The summed E-state index contributed by atoms with van der Waals surface area (Å²) in [5.41, 5.74) is 13.6. The Hall–Kier alpha value is -3.17. The number of hydrogen-bond acceptors (Lipinski definition) is 7. The lowest BCUT2D eigenvalue weighted by molar-refractivity contribution is -0.127. The molecule has 2 aromatic rings. The van der Waals surface area contributed by atoms with Gasteiger partial charge in [-0.05, 0) is 43.2 Å². The topological polar surface area (TPSA) is 128 Å². The molecule has 10 heteroatoms. The van der Waals surface area contributed by atoms with Crippen molar-refractivity contribution >= 4 is 34.7 Å². The van der Waals surface area contributed by atoms with E-state index in [2.05, 4.69) is 9.97 Å². The Bertz CT molecular complexity index is 1080. The van der Waals surface area contributed by atoms with Gasteiger partial charge < -0.3 is 26.0 Å². The van der Waals surface area contributed by atoms with Crippen LogP contribution in [0.4, 0.5) is 5.69 Å². The number of ether oxygens (including phenoxy) is 1. The van der Waals surface area contributed by atoms with Crippen molar-refractivity contribution in [1.82, 2.24) is 14.9 Å². The third-order valence-corrected chi connectivity index (χ3v) is 6.82. The predicted molar refractivity (Wildman–Crippen MR) is 126 cm³/mol. The van der Waals surface area contributed by atoms with Crippen LogP contribution in [0.25, 0.3) is 5.57 Å². The van der Waals surface area contributed by atoms with Crippen molar-refractivity contribution in [3.8, 4) is 5.75 Å². The number of hydrogen-bond donors (Lipinski definition) is 2. The third-order valence-electron chi connectivity index (χ3n) is 6.62. The Morgan fingerprint density at radius 2 is 1.94 bits per heavy atom. The summed E-state index contributed by atoms with van der Waals surface area (Å²) in [6.45, 7) is 1.89. The molecule has 2 fully saturated rings. The van der Waals surface area contributed by atoms with Gasteiger partial charge in [0.1, 0.15) is 16.6 Å². The van der Waals surface area contributed by atoms with Crippen LogP contribution in [0.5, 0.6) is 5.75 Å². The quantitative estimate of drug-likeness (QED) is 0.684. The molecule has 2 aliphatic rings. The number of nitrogens with two attached hydrogens (primary N) is 2. The van der Waals surface area contributed by atoms with Gasteiger partial charge in [0.05, 0.1) is 24.9 Å². The van der Waals surface area contributed by atoms with Crippen molar-refractivity contribution in [3.05, 3.63) is 53.2 Å². The van der Waals surface area contributed by atoms with Gasteiger partial charge in [0.15, 0.2) is 0 Å². The summed E-state index contributed by atoms with van der Waals surface area (Å²) >= 11 is 5.76. The fraction of sp³-hybridized carbons (Fsp3) is 0.391. The molecule has 4 rings (SSSR count). The summed E-state index contributed by atoms with van der Waals surface area (Å²) in [5, 5.41) is 0.240. The van der Waals surface area contributed by atoms with Crippen molar-refractivity contribution in [2.24, 2.45) is 16.9 Å². The van der Waals surface area contributed by atoms with E-state index in [1.807, 2.05) is 23.1 Å². The lowest BCUT2D eigenvalue weighted by atomic mass is 9.77. The number of nitrogens with zero attached hydrogens (tertiary/aromatic N) is 4. The minimum Gasteiger partial charge on any atom is -0.496 e. The molecular weight excluding hydrogens is 444 g/mol. The maximum atomic E-state index is 13.5. The predicted octanol–water partition coefficient (Wildman–Crippen LogP) is 2.06. The van der Waals surface area contributed by atoms with Crippen molar-refractivity contribution in [2.75, 3.05) is 38.2 Å². The molecule has 3 heterocycles. The zero-order valence-corrected chi connectivity index (χ0v) is 19.2. The monoisotopic (exact) mass is 470 g/mol. The van der Waals surface area contributed by atoms with Crippen LogP contribution in [0, 0.1) is 5.41 Å². The van der Waals surface area contributed by atoms with E-state index in [0.29, 0.717) is 38.2 Å². The van der Waals surface area contributed by atoms with Gasteiger partial charge in [0, 0.05) is 43.5 Å². The van der Waals surface area contributed by atoms with Crippen LogP contribution in [-0.4, -0.2) is 60.0 Å². The number of halogens is 1. The number of piperidine rings is 1. The zero-order chi connectivity index (χ0) is 23.6. The molecule has 2 saturated heterocycles. The number of amides is 2. The molecule has 0 atom stereocenters. The average molecular weight is 471 g/mol. The highest BCUT2D eigenvalue weighted by molar-refractivity contribution is 6.29. The standard InChI is InChI=1S/C23H27ClN6O3/c1-33-19-10-16(2-3-17(19)15(11-25)12-26)30-9-6-23(22(30)32)4-7-29(8-5-23)21(31)18-13-28-20(24)14-27-18/h2-3,10-11,13-14H,4-9,12,25-26H2,1H3/b15-11+. The molecule has 1 aromatic carbocycles. The normalized spacial score (nSPS) is 18.2. The number of benzene rings is 1. The van der Waals surface area contributed by atoms with Crippen LogP contribution < -0.4 is 21.1 Å². The fourth-order valence-corrected chi connectivity index (χ4v) is 4.73. The molecule has 0 radical (unpaired) electrons. The number of methoxy groups -OCH3 is 1. The molecule has 9 nitrogen and oxygen atoms in total. The Balaban J connectivity index is 1.47. The number of carbonyl (C=O) groups is 2. The first-order chi connectivity index (χ1) is 15.9. The van der Waals surface area contributed by atoms with Gasteiger partial charge in [-0.15, -0.1) is 0 Å². The Morgan fingerprint density at radius 3 is 2.55 bits per heavy atom. The number of anilines is 1. The molecule has 33 heavy (non-hydrogen) atoms. The molecule has 1 spiro atoms. The zero-order valence-electron chi connectivity index (χ0n) is 18.5. The Labute approximate surface area is 197 Å². The van der Waals surface area contributed by atoms with E-state index in [1.54, 1.807) is 12.0 Å². The van der Waals surface area contributed by atoms with Crippen molar-refractivity contribution in [1.29, 1.82) is 0 Å². The van der Waals surface area contributed by atoms with Gasteiger partial charge >= 0.3 is 0 Å². The minimum absolute atomic E-state index is 0.0871. The molecule has 2 aliphatic heterocycles. The van der Waals surface area contributed by atoms with Crippen LogP contribution in [0.3, 0.4) is 0 Å². The molecule has 0 aliphatic carbocycles. The largest absolute Gasteiger partial charge is 0.496 e. The van der Waals surface area contributed by atoms with Crippen LogP contribution in [-0.2, 0) is 4.79 Å². The van der Waals surface area contributed by atoms with E-state index in [-0.39, 0.29) is 29.2 Å². The molecular formula is C23H27ClN6O3. The van der Waals surface area contributed by atoms with Gasteiger partial charge in [-0.1, -0.05) is 11.6 Å². The maximum absolute atomic E-state index is 13.5. The van der Waals surface area contributed by atoms with Gasteiger partial charge in [-0.3, -0.25) is 9.59 Å². The number of rotatable bonds is 5. The first kappa shape index (κ1) is 23.0. The summed E-state index contributed by atoms with van der Waals surface area (Å²) in [6, 6.07) is 5.63. The summed E-state index contributed by atoms with van der Waals surface area (Å²) in [7, 11) is 1.58. The van der Waals surface area contributed by atoms with Crippen LogP contribution in [0.2, 0.25) is 5.15 Å². The first-order valence-electron chi connectivity index (χ1n) is 10.8. The van der Waals surface area contributed by atoms with Gasteiger partial charge in [-0.2, -0.15) is 0 Å². The number of aromatic nitrogens is 2. The van der Waals surface area contributed by atoms with Crippen LogP contribution in [0.1, 0.15) is 35.3 Å². The summed E-state index contributed by atoms with van der Waals surface area (Å²) in [4.78, 5) is 37.8. The van der Waals surface area contributed by atoms with Crippen LogP contribution in [0.15, 0.2) is 36.8 Å². The van der Waals surface area contributed by atoms with E-state index >= 15 is 0 Å². The summed E-state index contributed by atoms with van der Waals surface area (Å²) < 4.78 is 5.54. The average Bonchev–Trinajstić information content (AvgIpc) is 3.16.